The van der Waals surface area contributed by atoms with Gasteiger partial charge in [-0.1, -0.05) is 39.5 Å². The zero-order chi connectivity index (χ0) is 9.03. The lowest BCUT2D eigenvalue weighted by Crippen LogP contribution is -2.45. The highest BCUT2D eigenvalue weighted by atomic mass is 15.0. The van der Waals surface area contributed by atoms with Crippen LogP contribution in [-0.2, 0) is 0 Å². The Balaban J connectivity index is 2.42. The van der Waals surface area contributed by atoms with Crippen molar-refractivity contribution in [2.75, 3.05) is 0 Å². The average Bonchev–Trinajstić information content (AvgIpc) is 2.12. The van der Waals surface area contributed by atoms with Crippen molar-refractivity contribution in [3.05, 3.63) is 0 Å². The molecular weight excluding hydrogens is 146 g/mol. The molecule has 0 atom stereocenters. The molecular formula is C11H23N. The van der Waals surface area contributed by atoms with Gasteiger partial charge in [0.2, 0.25) is 0 Å². The Morgan fingerprint density at radius 2 is 1.50 bits per heavy atom. The van der Waals surface area contributed by atoms with E-state index in [0.717, 1.165) is 0 Å². The van der Waals surface area contributed by atoms with Crippen molar-refractivity contribution in [1.29, 1.82) is 0 Å². The summed E-state index contributed by atoms with van der Waals surface area (Å²) < 4.78 is 0. The predicted molar refractivity (Wildman–Crippen MR) is 54.4 cm³/mol. The van der Waals surface area contributed by atoms with Crippen LogP contribution in [0, 0.1) is 0 Å². The molecule has 1 heteroatoms. The quantitative estimate of drug-likeness (QED) is 0.626. The summed E-state index contributed by atoms with van der Waals surface area (Å²) in [7, 11) is 0. The van der Waals surface area contributed by atoms with Crippen LogP contribution in [0.15, 0.2) is 0 Å². The summed E-state index contributed by atoms with van der Waals surface area (Å²) in [6.45, 7) is 6.88. The molecule has 1 saturated carbocycles. The molecule has 0 spiro atoms. The van der Waals surface area contributed by atoms with Gasteiger partial charge >= 0.3 is 0 Å². The van der Waals surface area contributed by atoms with E-state index in [-0.39, 0.29) is 0 Å². The summed E-state index contributed by atoms with van der Waals surface area (Å²) >= 11 is 0. The second-order valence-corrected chi connectivity index (χ2v) is 4.77. The van der Waals surface area contributed by atoms with Crippen LogP contribution in [0.3, 0.4) is 0 Å². The SMILES string of the molecule is CC(C)NC1(C)CCCCCC1. The smallest absolute Gasteiger partial charge is 0.0155 e. The molecule has 72 valence electrons. The van der Waals surface area contributed by atoms with E-state index >= 15 is 0 Å². The standard InChI is InChI=1S/C11H23N/c1-10(2)12-11(3)8-6-4-5-7-9-11/h10,12H,4-9H2,1-3H3. The van der Waals surface area contributed by atoms with Gasteiger partial charge in [0, 0.05) is 11.6 Å². The second-order valence-electron chi connectivity index (χ2n) is 4.77. The Labute approximate surface area is 76.9 Å². The normalized spacial score (nSPS) is 24.0. The predicted octanol–water partition coefficient (Wildman–Crippen LogP) is 3.10. The molecule has 12 heavy (non-hydrogen) atoms. The Bertz CT molecular complexity index is 121. The zero-order valence-electron chi connectivity index (χ0n) is 8.82. The van der Waals surface area contributed by atoms with E-state index in [1.165, 1.54) is 38.5 Å². The van der Waals surface area contributed by atoms with Gasteiger partial charge < -0.3 is 5.32 Å². The van der Waals surface area contributed by atoms with Crippen molar-refractivity contribution in [3.63, 3.8) is 0 Å². The molecule has 1 aliphatic carbocycles. The first-order valence-electron chi connectivity index (χ1n) is 5.40. The van der Waals surface area contributed by atoms with Gasteiger partial charge in [-0.3, -0.25) is 0 Å². The van der Waals surface area contributed by atoms with Crippen LogP contribution in [0.2, 0.25) is 0 Å². The van der Waals surface area contributed by atoms with E-state index in [2.05, 4.69) is 26.1 Å². The van der Waals surface area contributed by atoms with Gasteiger partial charge in [-0.25, -0.2) is 0 Å². The lowest BCUT2D eigenvalue weighted by Gasteiger charge is -2.32. The number of rotatable bonds is 2. The van der Waals surface area contributed by atoms with Crippen molar-refractivity contribution in [2.24, 2.45) is 0 Å². The first-order valence-corrected chi connectivity index (χ1v) is 5.40. The van der Waals surface area contributed by atoms with Crippen molar-refractivity contribution < 1.29 is 0 Å². The monoisotopic (exact) mass is 169 g/mol. The molecule has 0 bridgehead atoms. The summed E-state index contributed by atoms with van der Waals surface area (Å²) in [4.78, 5) is 0. The fraction of sp³-hybridized carbons (Fsp3) is 1.00. The van der Waals surface area contributed by atoms with Gasteiger partial charge in [0.15, 0.2) is 0 Å². The van der Waals surface area contributed by atoms with E-state index in [4.69, 9.17) is 0 Å². The topological polar surface area (TPSA) is 12.0 Å². The van der Waals surface area contributed by atoms with E-state index in [0.29, 0.717) is 11.6 Å². The molecule has 0 amide bonds. The molecule has 1 rings (SSSR count). The van der Waals surface area contributed by atoms with E-state index in [1.807, 2.05) is 0 Å². The second kappa shape index (κ2) is 4.27. The highest BCUT2D eigenvalue weighted by molar-refractivity contribution is 4.86. The first kappa shape index (κ1) is 10.0. The number of hydrogen-bond acceptors (Lipinski definition) is 1. The molecule has 0 aromatic carbocycles. The highest BCUT2D eigenvalue weighted by Crippen LogP contribution is 2.26. The van der Waals surface area contributed by atoms with Gasteiger partial charge in [0.25, 0.3) is 0 Å². The van der Waals surface area contributed by atoms with E-state index < -0.39 is 0 Å². The van der Waals surface area contributed by atoms with Crippen LogP contribution >= 0.6 is 0 Å². The van der Waals surface area contributed by atoms with E-state index in [9.17, 15) is 0 Å². The number of hydrogen-bond donors (Lipinski definition) is 1. The molecule has 0 aliphatic heterocycles. The molecule has 1 N–H and O–H groups in total. The average molecular weight is 169 g/mol. The Kier molecular flexibility index (Phi) is 3.57. The first-order chi connectivity index (χ1) is 5.62. The summed E-state index contributed by atoms with van der Waals surface area (Å²) in [5.41, 5.74) is 0.435. The molecule has 1 aliphatic rings. The molecule has 0 heterocycles. The maximum atomic E-state index is 3.70. The third-order valence-corrected chi connectivity index (χ3v) is 2.84. The number of nitrogens with one attached hydrogen (secondary N) is 1. The fourth-order valence-corrected chi connectivity index (χ4v) is 2.35. The van der Waals surface area contributed by atoms with Crippen molar-refractivity contribution in [1.82, 2.24) is 5.32 Å². The minimum absolute atomic E-state index is 0.435. The van der Waals surface area contributed by atoms with Crippen molar-refractivity contribution >= 4 is 0 Å². The largest absolute Gasteiger partial charge is 0.309 e. The maximum absolute atomic E-state index is 3.70. The lowest BCUT2D eigenvalue weighted by molar-refractivity contribution is 0.289. The van der Waals surface area contributed by atoms with Gasteiger partial charge in [0.1, 0.15) is 0 Å². The third kappa shape index (κ3) is 3.14. The molecule has 0 aromatic rings. The van der Waals surface area contributed by atoms with Gasteiger partial charge in [-0.15, -0.1) is 0 Å². The summed E-state index contributed by atoms with van der Waals surface area (Å²) in [6.07, 6.45) is 8.44. The Hall–Kier alpha value is -0.0400. The highest BCUT2D eigenvalue weighted by Gasteiger charge is 2.25. The minimum atomic E-state index is 0.435. The zero-order valence-corrected chi connectivity index (χ0v) is 8.82. The molecule has 1 nitrogen and oxygen atoms in total. The molecule has 0 unspecified atom stereocenters. The summed E-state index contributed by atoms with van der Waals surface area (Å²) in [6, 6.07) is 0.632. The van der Waals surface area contributed by atoms with Gasteiger partial charge in [-0.2, -0.15) is 0 Å². The summed E-state index contributed by atoms with van der Waals surface area (Å²) in [5.74, 6) is 0. The van der Waals surface area contributed by atoms with Crippen LogP contribution in [0.5, 0.6) is 0 Å². The molecule has 1 fully saturated rings. The van der Waals surface area contributed by atoms with Gasteiger partial charge in [0.05, 0.1) is 0 Å². The van der Waals surface area contributed by atoms with Crippen LogP contribution < -0.4 is 5.32 Å². The van der Waals surface area contributed by atoms with Crippen molar-refractivity contribution in [2.45, 2.75) is 70.9 Å². The van der Waals surface area contributed by atoms with Crippen LogP contribution in [0.25, 0.3) is 0 Å². The minimum Gasteiger partial charge on any atom is -0.309 e. The lowest BCUT2D eigenvalue weighted by atomic mass is 9.92. The molecule has 0 aromatic heterocycles. The maximum Gasteiger partial charge on any atom is 0.0155 e. The third-order valence-electron chi connectivity index (χ3n) is 2.84. The Morgan fingerprint density at radius 1 is 1.00 bits per heavy atom. The van der Waals surface area contributed by atoms with E-state index in [1.54, 1.807) is 0 Å². The molecule has 0 radical (unpaired) electrons. The fourth-order valence-electron chi connectivity index (χ4n) is 2.35. The Morgan fingerprint density at radius 3 is 1.92 bits per heavy atom. The van der Waals surface area contributed by atoms with Gasteiger partial charge in [-0.05, 0) is 19.8 Å². The van der Waals surface area contributed by atoms with Crippen LogP contribution in [0.4, 0.5) is 0 Å². The summed E-state index contributed by atoms with van der Waals surface area (Å²) in [5, 5.41) is 3.70. The molecule has 0 saturated heterocycles. The van der Waals surface area contributed by atoms with Crippen LogP contribution in [-0.4, -0.2) is 11.6 Å². The van der Waals surface area contributed by atoms with Crippen molar-refractivity contribution in [3.8, 4) is 0 Å². The van der Waals surface area contributed by atoms with Crippen LogP contribution in [0.1, 0.15) is 59.3 Å².